The van der Waals surface area contributed by atoms with Crippen molar-refractivity contribution in [3.05, 3.63) is 94.0 Å². The minimum absolute atomic E-state index is 0.270. The van der Waals surface area contributed by atoms with Crippen LogP contribution in [0.2, 0.25) is 10.0 Å². The zero-order valence-electron chi connectivity index (χ0n) is 15.5. The zero-order valence-corrected chi connectivity index (χ0v) is 17.1. The number of nitrogens with zero attached hydrogens (tertiary/aromatic N) is 1. The van der Waals surface area contributed by atoms with E-state index in [9.17, 15) is 9.59 Å². The van der Waals surface area contributed by atoms with Crippen molar-refractivity contribution in [2.24, 2.45) is 5.10 Å². The zero-order chi connectivity index (χ0) is 21.3. The molecule has 3 aromatic carbocycles. The van der Waals surface area contributed by atoms with Gasteiger partial charge in [-0.3, -0.25) is 4.79 Å². The molecule has 0 aliphatic carbocycles. The number of esters is 1. The standard InChI is InChI=1S/C22H16Cl2N2O4/c23-17-9-10-20(19(24)12-17)29-14-21(27)26-25-13-15-5-4-8-18(11-15)30-22(28)16-6-2-1-3-7-16/h1-13H,14H2,(H,26,27). The summed E-state index contributed by atoms with van der Waals surface area (Å²) >= 11 is 11.8. The Bertz CT molecular complexity index is 1070. The van der Waals surface area contributed by atoms with Gasteiger partial charge in [0.15, 0.2) is 6.61 Å². The maximum absolute atomic E-state index is 12.1. The van der Waals surface area contributed by atoms with E-state index in [4.69, 9.17) is 32.7 Å². The number of carbonyl (C=O) groups is 2. The highest BCUT2D eigenvalue weighted by atomic mass is 35.5. The average molecular weight is 443 g/mol. The van der Waals surface area contributed by atoms with Crippen LogP contribution in [0.25, 0.3) is 0 Å². The van der Waals surface area contributed by atoms with Gasteiger partial charge in [-0.25, -0.2) is 10.2 Å². The average Bonchev–Trinajstić information content (AvgIpc) is 2.74. The van der Waals surface area contributed by atoms with Gasteiger partial charge in [-0.05, 0) is 48.0 Å². The molecule has 152 valence electrons. The molecule has 6 nitrogen and oxygen atoms in total. The van der Waals surface area contributed by atoms with Crippen LogP contribution in [0.5, 0.6) is 11.5 Å². The number of rotatable bonds is 7. The van der Waals surface area contributed by atoms with Crippen molar-refractivity contribution < 1.29 is 19.1 Å². The molecule has 3 rings (SSSR count). The second kappa shape index (κ2) is 10.4. The number of hydrogen-bond acceptors (Lipinski definition) is 5. The molecule has 0 saturated heterocycles. The highest BCUT2D eigenvalue weighted by Gasteiger charge is 2.08. The summed E-state index contributed by atoms with van der Waals surface area (Å²) < 4.78 is 10.7. The lowest BCUT2D eigenvalue weighted by molar-refractivity contribution is -0.123. The third-order valence-corrected chi connectivity index (χ3v) is 4.26. The topological polar surface area (TPSA) is 77.0 Å². The SMILES string of the molecule is O=C(COc1ccc(Cl)cc1Cl)NN=Cc1cccc(OC(=O)c2ccccc2)c1. The summed E-state index contributed by atoms with van der Waals surface area (Å²) in [6, 6.07) is 20.1. The number of benzene rings is 3. The van der Waals surface area contributed by atoms with E-state index >= 15 is 0 Å². The van der Waals surface area contributed by atoms with Crippen molar-refractivity contribution in [2.45, 2.75) is 0 Å². The minimum atomic E-state index is -0.469. The molecule has 1 N–H and O–H groups in total. The molecule has 1 amide bonds. The van der Waals surface area contributed by atoms with Gasteiger partial charge in [0.1, 0.15) is 11.5 Å². The Labute approximate surface area is 183 Å². The van der Waals surface area contributed by atoms with E-state index < -0.39 is 11.9 Å². The molecule has 3 aromatic rings. The Hall–Kier alpha value is -3.35. The summed E-state index contributed by atoms with van der Waals surface area (Å²) in [6.45, 7) is -0.270. The second-order valence-corrected chi connectivity index (χ2v) is 6.83. The molecule has 0 aliphatic rings. The van der Waals surface area contributed by atoms with Crippen molar-refractivity contribution in [3.8, 4) is 11.5 Å². The Morgan fingerprint density at radius 1 is 0.967 bits per heavy atom. The Kier molecular flexibility index (Phi) is 7.43. The molecule has 0 saturated carbocycles. The van der Waals surface area contributed by atoms with E-state index in [-0.39, 0.29) is 6.61 Å². The summed E-state index contributed by atoms with van der Waals surface area (Å²) in [7, 11) is 0. The molecule has 0 radical (unpaired) electrons. The minimum Gasteiger partial charge on any atom is -0.482 e. The Morgan fingerprint density at radius 3 is 2.53 bits per heavy atom. The van der Waals surface area contributed by atoms with Crippen LogP contribution in [0.3, 0.4) is 0 Å². The van der Waals surface area contributed by atoms with Gasteiger partial charge in [-0.15, -0.1) is 0 Å². The van der Waals surface area contributed by atoms with Crippen molar-refractivity contribution in [1.29, 1.82) is 0 Å². The number of hydrogen-bond donors (Lipinski definition) is 1. The molecule has 0 aromatic heterocycles. The number of ether oxygens (including phenoxy) is 2. The normalized spacial score (nSPS) is 10.6. The van der Waals surface area contributed by atoms with Crippen LogP contribution in [0.4, 0.5) is 0 Å². The molecule has 0 heterocycles. The van der Waals surface area contributed by atoms with Gasteiger partial charge in [0.2, 0.25) is 0 Å². The maximum atomic E-state index is 12.1. The van der Waals surface area contributed by atoms with Gasteiger partial charge in [-0.1, -0.05) is 53.5 Å². The Morgan fingerprint density at radius 2 is 1.77 bits per heavy atom. The van der Waals surface area contributed by atoms with Crippen LogP contribution in [0, 0.1) is 0 Å². The molecule has 8 heteroatoms. The van der Waals surface area contributed by atoms with Crippen molar-refractivity contribution in [3.63, 3.8) is 0 Å². The molecule has 0 aliphatic heterocycles. The Balaban J connectivity index is 1.51. The van der Waals surface area contributed by atoms with Crippen LogP contribution < -0.4 is 14.9 Å². The van der Waals surface area contributed by atoms with E-state index in [1.807, 2.05) is 6.07 Å². The number of nitrogens with one attached hydrogen (secondary N) is 1. The van der Waals surface area contributed by atoms with Gasteiger partial charge in [-0.2, -0.15) is 5.10 Å². The smallest absolute Gasteiger partial charge is 0.343 e. The molecule has 0 unspecified atom stereocenters. The number of hydrazone groups is 1. The lowest BCUT2D eigenvalue weighted by Crippen LogP contribution is -2.24. The van der Waals surface area contributed by atoms with Gasteiger partial charge in [0.25, 0.3) is 5.91 Å². The van der Waals surface area contributed by atoms with Crippen LogP contribution >= 0.6 is 23.2 Å². The van der Waals surface area contributed by atoms with Crippen LogP contribution in [-0.4, -0.2) is 24.7 Å². The van der Waals surface area contributed by atoms with Crippen LogP contribution in [-0.2, 0) is 4.79 Å². The first-order valence-corrected chi connectivity index (χ1v) is 9.54. The van der Waals surface area contributed by atoms with Gasteiger partial charge < -0.3 is 9.47 Å². The lowest BCUT2D eigenvalue weighted by atomic mass is 10.2. The van der Waals surface area contributed by atoms with Crippen LogP contribution in [0.1, 0.15) is 15.9 Å². The molecule has 30 heavy (non-hydrogen) atoms. The molecule has 0 bridgehead atoms. The summed E-state index contributed by atoms with van der Waals surface area (Å²) in [5.41, 5.74) is 3.43. The van der Waals surface area contributed by atoms with Crippen molar-refractivity contribution >= 4 is 41.3 Å². The van der Waals surface area contributed by atoms with Crippen molar-refractivity contribution in [2.75, 3.05) is 6.61 Å². The summed E-state index contributed by atoms with van der Waals surface area (Å²) in [5, 5.41) is 4.65. The third-order valence-electron chi connectivity index (χ3n) is 3.73. The predicted octanol–water partition coefficient (Wildman–Crippen LogP) is 4.74. The quantitative estimate of drug-likeness (QED) is 0.248. The van der Waals surface area contributed by atoms with Crippen LogP contribution in [0.15, 0.2) is 77.9 Å². The predicted molar refractivity (Wildman–Crippen MR) is 116 cm³/mol. The molecular weight excluding hydrogens is 427 g/mol. The summed E-state index contributed by atoms with van der Waals surface area (Å²) in [6.07, 6.45) is 1.42. The highest BCUT2D eigenvalue weighted by molar-refractivity contribution is 6.35. The summed E-state index contributed by atoms with van der Waals surface area (Å²) in [4.78, 5) is 24.0. The summed E-state index contributed by atoms with van der Waals surface area (Å²) in [5.74, 6) is -0.229. The second-order valence-electron chi connectivity index (χ2n) is 5.98. The monoisotopic (exact) mass is 442 g/mol. The first-order valence-electron chi connectivity index (χ1n) is 8.78. The fourth-order valence-corrected chi connectivity index (χ4v) is 2.81. The van der Waals surface area contributed by atoms with E-state index in [0.29, 0.717) is 32.7 Å². The third kappa shape index (κ3) is 6.34. The van der Waals surface area contributed by atoms with E-state index in [2.05, 4.69) is 10.5 Å². The van der Waals surface area contributed by atoms with Gasteiger partial charge in [0.05, 0.1) is 16.8 Å². The fraction of sp³-hybridized carbons (Fsp3) is 0.0455. The van der Waals surface area contributed by atoms with Gasteiger partial charge in [0, 0.05) is 5.02 Å². The number of amides is 1. The molecule has 0 spiro atoms. The lowest BCUT2D eigenvalue weighted by Gasteiger charge is -2.07. The molecule has 0 fully saturated rings. The molecule has 0 atom stereocenters. The van der Waals surface area contributed by atoms with E-state index in [0.717, 1.165) is 0 Å². The van der Waals surface area contributed by atoms with Gasteiger partial charge >= 0.3 is 5.97 Å². The number of carbonyl (C=O) groups excluding carboxylic acids is 2. The first kappa shape index (κ1) is 21.4. The fourth-order valence-electron chi connectivity index (χ4n) is 2.35. The maximum Gasteiger partial charge on any atom is 0.343 e. The largest absolute Gasteiger partial charge is 0.482 e. The van der Waals surface area contributed by atoms with Crippen molar-refractivity contribution in [1.82, 2.24) is 5.43 Å². The first-order chi connectivity index (χ1) is 14.5. The van der Waals surface area contributed by atoms with E-state index in [1.54, 1.807) is 60.7 Å². The number of halogens is 2. The van der Waals surface area contributed by atoms with E-state index in [1.165, 1.54) is 12.3 Å². The highest BCUT2D eigenvalue weighted by Crippen LogP contribution is 2.27. The molecular formula is C22H16Cl2N2O4.